The van der Waals surface area contributed by atoms with E-state index in [9.17, 15) is 0 Å². The highest BCUT2D eigenvalue weighted by atomic mass is 15.2. The molecular formula is C16H26N4. The lowest BCUT2D eigenvalue weighted by Crippen LogP contribution is -2.40. The van der Waals surface area contributed by atoms with E-state index < -0.39 is 0 Å². The van der Waals surface area contributed by atoms with Crippen LogP contribution in [0.5, 0.6) is 0 Å². The van der Waals surface area contributed by atoms with Crippen molar-refractivity contribution in [2.45, 2.75) is 63.8 Å². The van der Waals surface area contributed by atoms with Crippen LogP contribution in [0.15, 0.2) is 6.20 Å². The molecule has 20 heavy (non-hydrogen) atoms. The summed E-state index contributed by atoms with van der Waals surface area (Å²) in [6.07, 6.45) is 10.4. The van der Waals surface area contributed by atoms with Crippen molar-refractivity contribution < 1.29 is 0 Å². The highest BCUT2D eigenvalue weighted by Gasteiger charge is 2.26. The molecule has 0 unspecified atom stereocenters. The van der Waals surface area contributed by atoms with Crippen molar-refractivity contribution >= 4 is 5.69 Å². The Morgan fingerprint density at radius 3 is 2.55 bits per heavy atom. The van der Waals surface area contributed by atoms with E-state index in [1.165, 1.54) is 37.1 Å². The molecule has 4 nitrogen and oxygen atoms in total. The summed E-state index contributed by atoms with van der Waals surface area (Å²) in [6.45, 7) is 4.23. The first-order valence-electron chi connectivity index (χ1n) is 8.14. The van der Waals surface area contributed by atoms with Crippen molar-refractivity contribution in [2.75, 3.05) is 18.0 Å². The Morgan fingerprint density at radius 2 is 1.90 bits per heavy atom. The van der Waals surface area contributed by atoms with E-state index >= 15 is 0 Å². The van der Waals surface area contributed by atoms with Gasteiger partial charge in [-0.3, -0.25) is 0 Å². The van der Waals surface area contributed by atoms with Gasteiger partial charge in [0.05, 0.1) is 17.6 Å². The van der Waals surface area contributed by atoms with E-state index in [4.69, 9.17) is 10.7 Å². The average Bonchev–Trinajstić information content (AvgIpc) is 3.02. The smallest absolute Gasteiger partial charge is 0.128 e. The maximum atomic E-state index is 6.02. The number of anilines is 1. The number of piperidine rings is 1. The molecule has 0 amide bonds. The Morgan fingerprint density at radius 1 is 1.20 bits per heavy atom. The first-order chi connectivity index (χ1) is 9.78. The monoisotopic (exact) mass is 274 g/mol. The van der Waals surface area contributed by atoms with Gasteiger partial charge in [0, 0.05) is 31.5 Å². The molecule has 0 bridgehead atoms. The average molecular weight is 274 g/mol. The summed E-state index contributed by atoms with van der Waals surface area (Å²) in [6, 6.07) is 0.372. The molecule has 1 aromatic heterocycles. The number of rotatable bonds is 3. The minimum absolute atomic E-state index is 0.372. The Kier molecular flexibility index (Phi) is 4.20. The first-order valence-corrected chi connectivity index (χ1v) is 8.14. The van der Waals surface area contributed by atoms with Crippen LogP contribution in [-0.4, -0.2) is 29.1 Å². The lowest BCUT2D eigenvalue weighted by atomic mass is 9.99. The normalized spacial score (nSPS) is 21.6. The zero-order valence-corrected chi connectivity index (χ0v) is 12.5. The van der Waals surface area contributed by atoms with Gasteiger partial charge >= 0.3 is 0 Å². The van der Waals surface area contributed by atoms with Crippen LogP contribution in [0.2, 0.25) is 0 Å². The number of nitrogens with zero attached hydrogens (tertiary/aromatic N) is 3. The predicted molar refractivity (Wildman–Crippen MR) is 82.0 cm³/mol. The minimum Gasteiger partial charge on any atom is -0.369 e. The third kappa shape index (κ3) is 2.80. The van der Waals surface area contributed by atoms with E-state index in [-0.39, 0.29) is 0 Å². The van der Waals surface area contributed by atoms with Crippen LogP contribution in [0.25, 0.3) is 0 Å². The molecule has 0 radical (unpaired) electrons. The summed E-state index contributed by atoms with van der Waals surface area (Å²) in [5.74, 6) is 1.64. The topological polar surface area (TPSA) is 55.0 Å². The van der Waals surface area contributed by atoms with Gasteiger partial charge in [0.1, 0.15) is 5.82 Å². The van der Waals surface area contributed by atoms with Gasteiger partial charge in [0.25, 0.3) is 0 Å². The molecule has 1 aliphatic heterocycles. The van der Waals surface area contributed by atoms with Crippen LogP contribution in [0, 0.1) is 0 Å². The van der Waals surface area contributed by atoms with Crippen LogP contribution in [0.3, 0.4) is 0 Å². The number of aromatic nitrogens is 2. The number of aryl methyl sites for hydroxylation is 1. The van der Waals surface area contributed by atoms with Crippen LogP contribution in [-0.2, 0) is 6.42 Å². The quantitative estimate of drug-likeness (QED) is 0.920. The highest BCUT2D eigenvalue weighted by molar-refractivity contribution is 5.51. The molecule has 2 fully saturated rings. The molecule has 4 heteroatoms. The Bertz CT molecular complexity index is 446. The summed E-state index contributed by atoms with van der Waals surface area (Å²) < 4.78 is 0. The van der Waals surface area contributed by atoms with E-state index in [0.29, 0.717) is 12.0 Å². The standard InChI is InChI=1S/C16H26N4/c1-2-15-18-11-14(20-9-7-13(17)8-10-20)16(19-15)12-5-3-4-6-12/h11-13H,2-10,17H2,1H3. The lowest BCUT2D eigenvalue weighted by Gasteiger charge is -2.33. The Hall–Kier alpha value is -1.16. The maximum absolute atomic E-state index is 6.02. The van der Waals surface area contributed by atoms with Gasteiger partial charge in [0.15, 0.2) is 0 Å². The lowest BCUT2D eigenvalue weighted by molar-refractivity contribution is 0.497. The molecule has 110 valence electrons. The summed E-state index contributed by atoms with van der Waals surface area (Å²) in [5.41, 5.74) is 8.61. The molecular weight excluding hydrogens is 248 g/mol. The largest absolute Gasteiger partial charge is 0.369 e. The van der Waals surface area contributed by atoms with Gasteiger partial charge in [-0.25, -0.2) is 9.97 Å². The molecule has 1 aromatic rings. The molecule has 0 spiro atoms. The van der Waals surface area contributed by atoms with Crippen LogP contribution in [0.4, 0.5) is 5.69 Å². The van der Waals surface area contributed by atoms with Crippen molar-refractivity contribution in [3.05, 3.63) is 17.7 Å². The SMILES string of the molecule is CCc1ncc(N2CCC(N)CC2)c(C2CCCC2)n1. The minimum atomic E-state index is 0.372. The van der Waals surface area contributed by atoms with Crippen LogP contribution >= 0.6 is 0 Å². The van der Waals surface area contributed by atoms with Gasteiger partial charge in [0.2, 0.25) is 0 Å². The van der Waals surface area contributed by atoms with Gasteiger partial charge in [-0.2, -0.15) is 0 Å². The second kappa shape index (κ2) is 6.08. The Labute approximate surface area is 121 Å². The van der Waals surface area contributed by atoms with Crippen molar-refractivity contribution in [1.82, 2.24) is 9.97 Å². The van der Waals surface area contributed by atoms with Crippen LogP contribution < -0.4 is 10.6 Å². The molecule has 2 N–H and O–H groups in total. The Balaban J connectivity index is 1.88. The highest BCUT2D eigenvalue weighted by Crippen LogP contribution is 2.38. The second-order valence-electron chi connectivity index (χ2n) is 6.22. The third-order valence-electron chi connectivity index (χ3n) is 4.79. The first kappa shape index (κ1) is 13.8. The number of nitrogens with two attached hydrogens (primary N) is 1. The molecule has 1 saturated carbocycles. The van der Waals surface area contributed by atoms with Crippen LogP contribution in [0.1, 0.15) is 62.9 Å². The summed E-state index contributed by atoms with van der Waals surface area (Å²) in [7, 11) is 0. The van der Waals surface area contributed by atoms with E-state index in [2.05, 4.69) is 23.0 Å². The van der Waals surface area contributed by atoms with Gasteiger partial charge < -0.3 is 10.6 Å². The fourth-order valence-electron chi connectivity index (χ4n) is 3.48. The zero-order valence-electron chi connectivity index (χ0n) is 12.5. The van der Waals surface area contributed by atoms with Gasteiger partial charge in [-0.1, -0.05) is 19.8 Å². The van der Waals surface area contributed by atoms with Crippen molar-refractivity contribution in [3.8, 4) is 0 Å². The van der Waals surface area contributed by atoms with Crippen molar-refractivity contribution in [2.24, 2.45) is 5.73 Å². The van der Waals surface area contributed by atoms with E-state index in [0.717, 1.165) is 38.2 Å². The predicted octanol–water partition coefficient (Wildman–Crippen LogP) is 2.62. The van der Waals surface area contributed by atoms with Crippen molar-refractivity contribution in [1.29, 1.82) is 0 Å². The van der Waals surface area contributed by atoms with E-state index in [1.54, 1.807) is 0 Å². The maximum Gasteiger partial charge on any atom is 0.128 e. The molecule has 0 atom stereocenters. The van der Waals surface area contributed by atoms with Crippen molar-refractivity contribution in [3.63, 3.8) is 0 Å². The number of hydrogen-bond acceptors (Lipinski definition) is 4. The zero-order chi connectivity index (χ0) is 13.9. The fourth-order valence-corrected chi connectivity index (χ4v) is 3.48. The molecule has 2 aliphatic rings. The number of hydrogen-bond donors (Lipinski definition) is 1. The molecule has 0 aromatic carbocycles. The molecule has 3 rings (SSSR count). The second-order valence-corrected chi connectivity index (χ2v) is 6.22. The van der Waals surface area contributed by atoms with Gasteiger partial charge in [-0.05, 0) is 25.7 Å². The van der Waals surface area contributed by atoms with Gasteiger partial charge in [-0.15, -0.1) is 0 Å². The third-order valence-corrected chi connectivity index (χ3v) is 4.79. The molecule has 1 saturated heterocycles. The molecule has 2 heterocycles. The van der Waals surface area contributed by atoms with E-state index in [1.807, 2.05) is 0 Å². The summed E-state index contributed by atoms with van der Waals surface area (Å²) >= 11 is 0. The fraction of sp³-hybridized carbons (Fsp3) is 0.750. The summed E-state index contributed by atoms with van der Waals surface area (Å²) in [5, 5.41) is 0. The summed E-state index contributed by atoms with van der Waals surface area (Å²) in [4.78, 5) is 11.9. The molecule has 1 aliphatic carbocycles.